The Labute approximate surface area is 563 Å². The molecule has 0 saturated heterocycles. The quantitative estimate of drug-likeness (QED) is 0.0512. The highest BCUT2D eigenvalue weighted by molar-refractivity contribution is 6.32. The summed E-state index contributed by atoms with van der Waals surface area (Å²) in [7, 11) is 0. The van der Waals surface area contributed by atoms with E-state index in [4.69, 9.17) is 43.1 Å². The van der Waals surface area contributed by atoms with E-state index in [0.29, 0.717) is 12.1 Å². The van der Waals surface area contributed by atoms with Gasteiger partial charge in [0.05, 0.1) is 15.6 Å². The predicted molar refractivity (Wildman–Crippen MR) is 349 cm³/mol. The minimum atomic E-state index is -2.21. The molecule has 6 amide bonds. The number of ether oxygens (including phenoxy) is 3. The molecule has 97 heavy (non-hydrogen) atoms. The number of benzene rings is 7. The summed E-state index contributed by atoms with van der Waals surface area (Å²) in [6.45, 7) is 2.38. The Morgan fingerprint density at radius 3 is 1.79 bits per heavy atom. The molecule has 0 aliphatic carbocycles. The number of halogens is 2. The van der Waals surface area contributed by atoms with Crippen LogP contribution >= 0.6 is 23.2 Å². The molecule has 7 aromatic carbocycles. The number of unbranched alkanes of at least 4 members (excludes halogenated alkanes) is 7. The van der Waals surface area contributed by atoms with Crippen LogP contribution in [0.1, 0.15) is 139 Å². The van der Waals surface area contributed by atoms with E-state index >= 15 is 19.2 Å². The van der Waals surface area contributed by atoms with Gasteiger partial charge in [-0.05, 0) is 125 Å². The van der Waals surface area contributed by atoms with Gasteiger partial charge in [0.25, 0.3) is 0 Å². The Bertz CT molecular complexity index is 4310. The number of aliphatic carboxylic acids is 1. The lowest BCUT2D eigenvalue weighted by Crippen LogP contribution is -2.55. The molecular weight excluding hydrogens is 1300 g/mol. The molecule has 6 aliphatic rings. The zero-order chi connectivity index (χ0) is 69.1. The van der Waals surface area contributed by atoms with Crippen LogP contribution in [0.15, 0.2) is 109 Å². The molecule has 13 rings (SSSR count). The third-order valence-electron chi connectivity index (χ3n) is 17.2. The minimum absolute atomic E-state index is 0.121. The number of phenols is 6. The molecule has 28 heteroatoms. The Kier molecular flexibility index (Phi) is 20.2. The number of aliphatic hydroxyl groups excluding tert-OH is 1. The molecule has 0 spiro atoms. The van der Waals surface area contributed by atoms with Crippen LogP contribution in [0, 0.1) is 0 Å². The molecule has 26 nitrogen and oxygen atoms in total. The molecule has 0 fully saturated rings. The fourth-order valence-electron chi connectivity index (χ4n) is 12.1. The summed E-state index contributed by atoms with van der Waals surface area (Å²) in [6.07, 6.45) is 5.70. The molecule has 0 aromatic heterocycles. The summed E-state index contributed by atoms with van der Waals surface area (Å²) in [4.78, 5) is 105. The van der Waals surface area contributed by atoms with Gasteiger partial charge in [-0.1, -0.05) is 99.3 Å². The standard InChI is InChI=1S/C69H68Cl2N8O18/c1-2-3-4-5-6-7-8-9-18-73-30-41-47(83)29-40-53(61(41)85)39-23-33(12-14-45(39)81)55-65(89)79-59(68(92)78-58(40)69(93)94)60(84)34-13-17-49(43(71)24-34)97-52-27-36-26-51(62(52)86)96-48-16-10-31(19-42(48)70)20-44-63(87)75-56(66(90)77-57(36)67(91)76-55)35-21-37(80)28-38(22-35)95-50-25-32(11-15-46(50)82)54(72)64(88)74-44/h10-17,19,21-29,44,54-60,73,80-86H,2-9,18,20,30,72H2,1H3,(H,74,88)(H,75,87)(H,76,91)(H,77,90)(H,78,92)(H,79,89)(H,93,94). The van der Waals surface area contributed by atoms with Crippen molar-refractivity contribution in [1.29, 1.82) is 0 Å². The largest absolute Gasteiger partial charge is 0.508 e. The minimum Gasteiger partial charge on any atom is -0.508 e. The Morgan fingerprint density at radius 2 is 1.12 bits per heavy atom. The third-order valence-corrected chi connectivity index (χ3v) is 17.8. The van der Waals surface area contributed by atoms with Gasteiger partial charge in [-0.2, -0.15) is 0 Å². The van der Waals surface area contributed by atoms with E-state index in [9.17, 15) is 55.2 Å². The summed E-state index contributed by atoms with van der Waals surface area (Å²) in [6, 6.07) is 7.65. The molecule has 0 radical (unpaired) electrons. The van der Waals surface area contributed by atoms with E-state index in [1.807, 2.05) is 0 Å². The second kappa shape index (κ2) is 28.8. The SMILES string of the molecule is CCCCCCCCCCNCc1c(O)cc2c(c1O)-c1cc(ccc1O)C1NC(=O)C3NC(=O)C4NC(=O)C(Cc5ccc(c(Cl)c5)Oc5cc3cc(c5O)Oc3ccc(cc3Cl)C(O)C(NC1=O)C(=O)NC2C(=O)O)NC(=O)C(N)c1ccc(O)c(c1)Oc1cc(O)cc4c1. The van der Waals surface area contributed by atoms with Crippen LogP contribution in [0.2, 0.25) is 10.0 Å². The Hall–Kier alpha value is -10.5. The fraction of sp³-hybridized carbons (Fsp3) is 0.290. The van der Waals surface area contributed by atoms with Gasteiger partial charge in [0.2, 0.25) is 41.2 Å². The molecule has 17 bridgehead atoms. The highest BCUT2D eigenvalue weighted by Gasteiger charge is 2.42. The molecule has 8 unspecified atom stereocenters. The average molecular weight is 1370 g/mol. The van der Waals surface area contributed by atoms with Crippen molar-refractivity contribution >= 4 is 64.6 Å². The van der Waals surface area contributed by atoms with E-state index in [0.717, 1.165) is 106 Å². The number of aromatic hydroxyl groups is 6. The summed E-state index contributed by atoms with van der Waals surface area (Å²) >= 11 is 13.8. The lowest BCUT2D eigenvalue weighted by atomic mass is 9.88. The lowest BCUT2D eigenvalue weighted by molar-refractivity contribution is -0.143. The molecule has 8 atom stereocenters. The molecule has 7 aromatic rings. The number of amides is 6. The number of phenolic OH excluding ortho intramolecular Hbond substituents is 6. The number of hydrogen-bond acceptors (Lipinski definition) is 19. The van der Waals surface area contributed by atoms with Gasteiger partial charge in [0, 0.05) is 35.7 Å². The predicted octanol–water partition coefficient (Wildman–Crippen LogP) is 8.22. The summed E-state index contributed by atoms with van der Waals surface area (Å²) in [5.41, 5.74) is 4.38. The monoisotopic (exact) mass is 1370 g/mol. The van der Waals surface area contributed by atoms with Crippen molar-refractivity contribution in [2.45, 2.75) is 120 Å². The van der Waals surface area contributed by atoms with Gasteiger partial charge in [0.15, 0.2) is 29.0 Å². The number of carbonyl (C=O) groups excluding carboxylic acids is 6. The van der Waals surface area contributed by atoms with Crippen molar-refractivity contribution in [3.05, 3.63) is 164 Å². The number of fused-ring (bicyclic) bond motifs is 14. The van der Waals surface area contributed by atoms with Crippen molar-refractivity contribution in [2.24, 2.45) is 5.73 Å². The normalized spacial score (nSPS) is 20.8. The number of hydrogen-bond donors (Lipinski definition) is 16. The highest BCUT2D eigenvalue weighted by atomic mass is 35.5. The Morgan fingerprint density at radius 1 is 0.536 bits per heavy atom. The van der Waals surface area contributed by atoms with E-state index in [2.05, 4.69) is 44.1 Å². The van der Waals surface area contributed by atoms with Crippen LogP contribution in [0.25, 0.3) is 11.1 Å². The zero-order valence-electron chi connectivity index (χ0n) is 51.8. The van der Waals surface area contributed by atoms with Crippen molar-refractivity contribution in [2.75, 3.05) is 6.54 Å². The Balaban J connectivity index is 1.09. The van der Waals surface area contributed by atoms with Crippen molar-refractivity contribution in [3.8, 4) is 80.1 Å². The maximum atomic E-state index is 16.0. The van der Waals surface area contributed by atoms with E-state index in [-0.39, 0.29) is 85.0 Å². The van der Waals surface area contributed by atoms with E-state index in [1.165, 1.54) is 54.6 Å². The van der Waals surface area contributed by atoms with Gasteiger partial charge < -0.3 is 98.0 Å². The second-order valence-corrected chi connectivity index (χ2v) is 24.8. The summed E-state index contributed by atoms with van der Waals surface area (Å²) < 4.78 is 18.6. The van der Waals surface area contributed by atoms with Gasteiger partial charge in [-0.25, -0.2) is 4.79 Å². The summed E-state index contributed by atoms with van der Waals surface area (Å²) in [5, 5.41) is 112. The fourth-order valence-corrected chi connectivity index (χ4v) is 12.5. The maximum Gasteiger partial charge on any atom is 0.330 e. The van der Waals surface area contributed by atoms with Crippen LogP contribution in [0.4, 0.5) is 0 Å². The van der Waals surface area contributed by atoms with E-state index in [1.54, 1.807) is 0 Å². The van der Waals surface area contributed by atoms with Crippen molar-refractivity contribution in [3.63, 3.8) is 0 Å². The maximum absolute atomic E-state index is 16.0. The lowest BCUT2D eigenvalue weighted by Gasteiger charge is -2.31. The smallest absolute Gasteiger partial charge is 0.330 e. The molecule has 6 aliphatic heterocycles. The number of aliphatic hydroxyl groups is 1. The highest BCUT2D eigenvalue weighted by Crippen LogP contribution is 2.49. The number of rotatable bonds is 12. The van der Waals surface area contributed by atoms with Gasteiger partial charge in [0.1, 0.15) is 82.6 Å². The van der Waals surface area contributed by atoms with E-state index < -0.39 is 147 Å². The van der Waals surface area contributed by atoms with Gasteiger partial charge >= 0.3 is 5.97 Å². The second-order valence-electron chi connectivity index (χ2n) is 24.0. The number of nitrogens with one attached hydrogen (secondary N) is 7. The zero-order valence-corrected chi connectivity index (χ0v) is 53.3. The van der Waals surface area contributed by atoms with Gasteiger partial charge in [-0.3, -0.25) is 28.8 Å². The number of carboxylic acids is 1. The molecule has 0 saturated carbocycles. The number of carbonyl (C=O) groups is 7. The number of nitrogens with two attached hydrogens (primary N) is 1. The first-order valence-electron chi connectivity index (χ1n) is 31.2. The van der Waals surface area contributed by atoms with Crippen molar-refractivity contribution in [1.82, 2.24) is 37.2 Å². The number of carboxylic acid groups (broad SMARTS) is 1. The first-order chi connectivity index (χ1) is 46.4. The average Bonchev–Trinajstić information content (AvgIpc) is 0.763. The first-order valence-corrected chi connectivity index (χ1v) is 32.0. The molecule has 17 N–H and O–H groups in total. The van der Waals surface area contributed by atoms with Crippen LogP contribution in [0.5, 0.6) is 69.0 Å². The topological polar surface area (TPSA) is 419 Å². The van der Waals surface area contributed by atoms with Crippen LogP contribution in [0.3, 0.4) is 0 Å². The van der Waals surface area contributed by atoms with Crippen LogP contribution in [-0.4, -0.2) is 101 Å². The molecule has 506 valence electrons. The van der Waals surface area contributed by atoms with Crippen LogP contribution in [-0.2, 0) is 46.5 Å². The van der Waals surface area contributed by atoms with Gasteiger partial charge in [-0.15, -0.1) is 0 Å². The third kappa shape index (κ3) is 14.7. The molecule has 6 heterocycles. The molecular formula is C69H68Cl2N8O18. The van der Waals surface area contributed by atoms with Crippen molar-refractivity contribution < 1.29 is 88.6 Å². The van der Waals surface area contributed by atoms with Crippen LogP contribution < -0.4 is 57.2 Å². The summed E-state index contributed by atoms with van der Waals surface area (Å²) in [5.74, 6) is -14.7. The first kappa shape index (κ1) is 67.9.